The predicted molar refractivity (Wildman–Crippen MR) is 77.9 cm³/mol. The number of rotatable bonds is 3. The van der Waals surface area contributed by atoms with Crippen molar-refractivity contribution in [3.05, 3.63) is 21.9 Å². The molecule has 1 saturated carbocycles. The molecule has 2 heterocycles. The van der Waals surface area contributed by atoms with Gasteiger partial charge in [0.05, 0.1) is 0 Å². The Kier molecular flexibility index (Phi) is 3.48. The standard InChI is InChI=1S/C15H24N2S/c1-2-12-3-6-15(9-12,11-16)17-7-4-14-13(10-17)5-8-18-14/h5,8,12H,2-4,6-7,9-11,16H2,1H3. The lowest BCUT2D eigenvalue weighted by Crippen LogP contribution is -2.53. The Balaban J connectivity index is 1.78. The van der Waals surface area contributed by atoms with Crippen molar-refractivity contribution in [2.75, 3.05) is 13.1 Å². The van der Waals surface area contributed by atoms with Gasteiger partial charge in [0.2, 0.25) is 0 Å². The summed E-state index contributed by atoms with van der Waals surface area (Å²) < 4.78 is 0. The van der Waals surface area contributed by atoms with Crippen molar-refractivity contribution in [2.24, 2.45) is 11.7 Å². The Morgan fingerprint density at radius 1 is 1.56 bits per heavy atom. The first-order chi connectivity index (χ1) is 8.77. The van der Waals surface area contributed by atoms with E-state index in [1.165, 1.54) is 38.6 Å². The normalized spacial score (nSPS) is 32.7. The van der Waals surface area contributed by atoms with Gasteiger partial charge in [0.15, 0.2) is 0 Å². The summed E-state index contributed by atoms with van der Waals surface area (Å²) in [5, 5.41) is 2.24. The van der Waals surface area contributed by atoms with Crippen molar-refractivity contribution in [1.29, 1.82) is 0 Å². The fourth-order valence-corrected chi connectivity index (χ4v) is 4.71. The van der Waals surface area contributed by atoms with Gasteiger partial charge in [-0.3, -0.25) is 4.90 Å². The van der Waals surface area contributed by atoms with Gasteiger partial charge in [-0.2, -0.15) is 0 Å². The molecule has 2 aliphatic rings. The minimum Gasteiger partial charge on any atom is -0.329 e. The second-order valence-electron chi connectivity index (χ2n) is 5.99. The molecule has 0 bridgehead atoms. The van der Waals surface area contributed by atoms with Crippen LogP contribution in [0.5, 0.6) is 0 Å². The van der Waals surface area contributed by atoms with Gasteiger partial charge in [0, 0.05) is 30.1 Å². The van der Waals surface area contributed by atoms with Crippen molar-refractivity contribution < 1.29 is 0 Å². The van der Waals surface area contributed by atoms with Gasteiger partial charge in [-0.15, -0.1) is 11.3 Å². The number of fused-ring (bicyclic) bond motifs is 1. The summed E-state index contributed by atoms with van der Waals surface area (Å²) >= 11 is 1.92. The van der Waals surface area contributed by atoms with Crippen molar-refractivity contribution in [3.63, 3.8) is 0 Å². The van der Waals surface area contributed by atoms with Crippen LogP contribution in [0.4, 0.5) is 0 Å². The first-order valence-electron chi connectivity index (χ1n) is 7.28. The van der Waals surface area contributed by atoms with E-state index in [0.717, 1.165) is 19.0 Å². The molecule has 1 fully saturated rings. The fourth-order valence-electron chi connectivity index (χ4n) is 3.82. The summed E-state index contributed by atoms with van der Waals surface area (Å²) in [4.78, 5) is 4.29. The molecule has 0 saturated heterocycles. The summed E-state index contributed by atoms with van der Waals surface area (Å²) in [5.74, 6) is 0.900. The smallest absolute Gasteiger partial charge is 0.0338 e. The van der Waals surface area contributed by atoms with Gasteiger partial charge in [-0.25, -0.2) is 0 Å². The maximum Gasteiger partial charge on any atom is 0.0338 e. The molecule has 1 aromatic heterocycles. The van der Waals surface area contributed by atoms with Crippen LogP contribution < -0.4 is 5.73 Å². The number of hydrogen-bond donors (Lipinski definition) is 1. The van der Waals surface area contributed by atoms with Crippen LogP contribution >= 0.6 is 11.3 Å². The first-order valence-corrected chi connectivity index (χ1v) is 8.16. The van der Waals surface area contributed by atoms with Crippen molar-refractivity contribution in [1.82, 2.24) is 4.90 Å². The highest BCUT2D eigenvalue weighted by Crippen LogP contribution is 2.42. The van der Waals surface area contributed by atoms with E-state index in [2.05, 4.69) is 23.3 Å². The van der Waals surface area contributed by atoms with Crippen LogP contribution in [-0.4, -0.2) is 23.5 Å². The highest BCUT2D eigenvalue weighted by atomic mass is 32.1. The van der Waals surface area contributed by atoms with Gasteiger partial charge in [0.1, 0.15) is 0 Å². The summed E-state index contributed by atoms with van der Waals surface area (Å²) in [5.41, 5.74) is 8.03. The van der Waals surface area contributed by atoms with Crippen LogP contribution in [0.3, 0.4) is 0 Å². The van der Waals surface area contributed by atoms with Gasteiger partial charge >= 0.3 is 0 Å². The van der Waals surface area contributed by atoms with E-state index in [-0.39, 0.29) is 0 Å². The number of nitrogens with zero attached hydrogens (tertiary/aromatic N) is 1. The zero-order valence-corrected chi connectivity index (χ0v) is 12.1. The first kappa shape index (κ1) is 12.6. The third-order valence-corrected chi connectivity index (χ3v) is 6.15. The Labute approximate surface area is 114 Å². The van der Waals surface area contributed by atoms with E-state index in [0.29, 0.717) is 5.54 Å². The lowest BCUT2D eigenvalue weighted by molar-refractivity contribution is 0.0811. The van der Waals surface area contributed by atoms with Gasteiger partial charge < -0.3 is 5.73 Å². The Morgan fingerprint density at radius 2 is 2.44 bits per heavy atom. The van der Waals surface area contributed by atoms with E-state index in [4.69, 9.17) is 5.73 Å². The second kappa shape index (κ2) is 4.95. The number of hydrogen-bond acceptors (Lipinski definition) is 3. The molecule has 3 rings (SSSR count). The minimum atomic E-state index is 0.306. The molecule has 0 aromatic carbocycles. The molecule has 1 aliphatic heterocycles. The van der Waals surface area contributed by atoms with Crippen LogP contribution in [0.2, 0.25) is 0 Å². The topological polar surface area (TPSA) is 29.3 Å². The van der Waals surface area contributed by atoms with Gasteiger partial charge in [0.25, 0.3) is 0 Å². The molecule has 18 heavy (non-hydrogen) atoms. The van der Waals surface area contributed by atoms with Crippen LogP contribution in [0.15, 0.2) is 11.4 Å². The van der Waals surface area contributed by atoms with Gasteiger partial charge in [-0.05, 0) is 48.6 Å². The summed E-state index contributed by atoms with van der Waals surface area (Å²) in [7, 11) is 0. The van der Waals surface area contributed by atoms with E-state index >= 15 is 0 Å². The third kappa shape index (κ3) is 2.02. The van der Waals surface area contributed by atoms with Gasteiger partial charge in [-0.1, -0.05) is 13.3 Å². The molecule has 0 spiro atoms. The molecule has 3 heteroatoms. The number of nitrogens with two attached hydrogens (primary N) is 1. The maximum absolute atomic E-state index is 6.17. The van der Waals surface area contributed by atoms with Crippen LogP contribution in [0.25, 0.3) is 0 Å². The van der Waals surface area contributed by atoms with E-state index in [1.807, 2.05) is 11.3 Å². The van der Waals surface area contributed by atoms with Crippen LogP contribution in [0.1, 0.15) is 43.0 Å². The Bertz CT molecular complexity index is 414. The molecule has 2 atom stereocenters. The second-order valence-corrected chi connectivity index (χ2v) is 6.99. The summed E-state index contributed by atoms with van der Waals surface area (Å²) in [6.07, 6.45) is 6.55. The van der Waals surface area contributed by atoms with Crippen molar-refractivity contribution >= 4 is 11.3 Å². The monoisotopic (exact) mass is 264 g/mol. The number of thiophene rings is 1. The lowest BCUT2D eigenvalue weighted by atomic mass is 9.90. The molecular weight excluding hydrogens is 240 g/mol. The minimum absolute atomic E-state index is 0.306. The van der Waals surface area contributed by atoms with Crippen molar-refractivity contribution in [2.45, 2.75) is 51.1 Å². The maximum atomic E-state index is 6.17. The third-order valence-electron chi connectivity index (χ3n) is 5.12. The van der Waals surface area contributed by atoms with Crippen LogP contribution in [0, 0.1) is 5.92 Å². The predicted octanol–water partition coefficient (Wildman–Crippen LogP) is 3.01. The molecule has 0 amide bonds. The van der Waals surface area contributed by atoms with Crippen molar-refractivity contribution in [3.8, 4) is 0 Å². The Hall–Kier alpha value is -0.380. The summed E-state index contributed by atoms with van der Waals surface area (Å²) in [6.45, 7) is 5.50. The average molecular weight is 264 g/mol. The molecule has 1 aromatic rings. The largest absolute Gasteiger partial charge is 0.329 e. The fraction of sp³-hybridized carbons (Fsp3) is 0.733. The molecule has 2 N–H and O–H groups in total. The molecule has 1 aliphatic carbocycles. The zero-order chi connectivity index (χ0) is 12.6. The highest BCUT2D eigenvalue weighted by molar-refractivity contribution is 7.10. The highest BCUT2D eigenvalue weighted by Gasteiger charge is 2.42. The van der Waals surface area contributed by atoms with E-state index in [1.54, 1.807) is 10.4 Å². The average Bonchev–Trinajstić information content (AvgIpc) is 3.05. The molecule has 2 unspecified atom stereocenters. The van der Waals surface area contributed by atoms with E-state index in [9.17, 15) is 0 Å². The zero-order valence-electron chi connectivity index (χ0n) is 11.3. The molecule has 100 valence electrons. The molecule has 0 radical (unpaired) electrons. The Morgan fingerprint density at radius 3 is 3.17 bits per heavy atom. The summed E-state index contributed by atoms with van der Waals surface area (Å²) in [6, 6.07) is 2.31. The SMILES string of the molecule is CCC1CCC(CN)(N2CCc3sccc3C2)C1. The van der Waals surface area contributed by atoms with Crippen LogP contribution in [-0.2, 0) is 13.0 Å². The molecule has 2 nitrogen and oxygen atoms in total. The lowest BCUT2D eigenvalue weighted by Gasteiger charge is -2.43. The molecular formula is C15H24N2S. The van der Waals surface area contributed by atoms with E-state index < -0.39 is 0 Å². The quantitative estimate of drug-likeness (QED) is 0.909.